The fourth-order valence-electron chi connectivity index (χ4n) is 2.04. The second-order valence-electron chi connectivity index (χ2n) is 5.01. The van der Waals surface area contributed by atoms with E-state index in [1.54, 1.807) is 0 Å². The van der Waals surface area contributed by atoms with Gasteiger partial charge in [-0.05, 0) is 36.6 Å². The maximum absolute atomic E-state index is 3.60. The lowest BCUT2D eigenvalue weighted by atomic mass is 10.1. The molecule has 18 heavy (non-hydrogen) atoms. The average molecular weight is 265 g/mol. The fraction of sp³-hybridized carbons (Fsp3) is 0.625. The van der Waals surface area contributed by atoms with Crippen molar-refractivity contribution in [2.75, 3.05) is 12.3 Å². The van der Waals surface area contributed by atoms with Crippen LogP contribution in [-0.4, -0.2) is 23.6 Å². The largest absolute Gasteiger partial charge is 0.313 e. The third-order valence-electron chi connectivity index (χ3n) is 2.98. The van der Waals surface area contributed by atoms with Crippen molar-refractivity contribution in [3.05, 3.63) is 35.9 Å². The summed E-state index contributed by atoms with van der Waals surface area (Å²) in [6.07, 6.45) is 3.76. The molecule has 0 heterocycles. The first-order valence-electron chi connectivity index (χ1n) is 7.11. The van der Waals surface area contributed by atoms with Crippen LogP contribution in [0.2, 0.25) is 0 Å². The van der Waals surface area contributed by atoms with Gasteiger partial charge < -0.3 is 5.32 Å². The van der Waals surface area contributed by atoms with E-state index in [9.17, 15) is 0 Å². The Morgan fingerprint density at radius 3 is 2.50 bits per heavy atom. The molecule has 0 fully saturated rings. The molecule has 1 N–H and O–H groups in total. The number of nitrogens with one attached hydrogen (secondary N) is 1. The minimum Gasteiger partial charge on any atom is -0.313 e. The summed E-state index contributed by atoms with van der Waals surface area (Å²) < 4.78 is 0. The van der Waals surface area contributed by atoms with Gasteiger partial charge in [0.25, 0.3) is 0 Å². The number of thioether (sulfide) groups is 1. The second kappa shape index (κ2) is 9.46. The quantitative estimate of drug-likeness (QED) is 0.720. The number of hydrogen-bond acceptors (Lipinski definition) is 2. The van der Waals surface area contributed by atoms with Crippen molar-refractivity contribution in [2.24, 2.45) is 0 Å². The van der Waals surface area contributed by atoms with Gasteiger partial charge in [-0.1, -0.05) is 51.1 Å². The van der Waals surface area contributed by atoms with E-state index in [4.69, 9.17) is 0 Å². The Hall–Kier alpha value is -0.470. The van der Waals surface area contributed by atoms with Crippen LogP contribution in [0.4, 0.5) is 0 Å². The highest BCUT2D eigenvalue weighted by atomic mass is 32.2. The topological polar surface area (TPSA) is 12.0 Å². The van der Waals surface area contributed by atoms with E-state index in [0.717, 1.165) is 11.8 Å². The van der Waals surface area contributed by atoms with E-state index in [1.807, 2.05) is 0 Å². The predicted molar refractivity (Wildman–Crippen MR) is 84.4 cm³/mol. The van der Waals surface area contributed by atoms with Crippen molar-refractivity contribution in [3.8, 4) is 0 Å². The Morgan fingerprint density at radius 2 is 1.89 bits per heavy atom. The van der Waals surface area contributed by atoms with Crippen molar-refractivity contribution < 1.29 is 0 Å². The van der Waals surface area contributed by atoms with Crippen molar-refractivity contribution in [1.82, 2.24) is 5.32 Å². The van der Waals surface area contributed by atoms with Gasteiger partial charge in [-0.25, -0.2) is 0 Å². The van der Waals surface area contributed by atoms with Crippen molar-refractivity contribution in [1.29, 1.82) is 0 Å². The maximum Gasteiger partial charge on any atom is 0.0158 e. The van der Waals surface area contributed by atoms with Crippen LogP contribution in [0.5, 0.6) is 0 Å². The molecule has 0 spiro atoms. The van der Waals surface area contributed by atoms with Gasteiger partial charge in [-0.2, -0.15) is 11.8 Å². The van der Waals surface area contributed by atoms with Crippen molar-refractivity contribution >= 4 is 11.8 Å². The van der Waals surface area contributed by atoms with Gasteiger partial charge in [-0.15, -0.1) is 0 Å². The highest BCUT2D eigenvalue weighted by molar-refractivity contribution is 7.99. The molecule has 0 radical (unpaired) electrons. The highest BCUT2D eigenvalue weighted by Gasteiger charge is 2.08. The number of hydrogen-bond donors (Lipinski definition) is 1. The molecule has 0 saturated heterocycles. The highest BCUT2D eigenvalue weighted by Crippen LogP contribution is 2.14. The first-order valence-corrected chi connectivity index (χ1v) is 8.16. The summed E-state index contributed by atoms with van der Waals surface area (Å²) in [7, 11) is 0. The Labute approximate surface area is 117 Å². The van der Waals surface area contributed by atoms with Crippen LogP contribution in [0.1, 0.15) is 39.2 Å². The van der Waals surface area contributed by atoms with Gasteiger partial charge in [0.2, 0.25) is 0 Å². The Balaban J connectivity index is 2.24. The molecule has 0 aromatic heterocycles. The lowest BCUT2D eigenvalue weighted by Crippen LogP contribution is -2.31. The summed E-state index contributed by atoms with van der Waals surface area (Å²) in [5.74, 6) is 1.24. The zero-order chi connectivity index (χ0) is 13.2. The average Bonchev–Trinajstić information content (AvgIpc) is 2.37. The Bertz CT molecular complexity index is 297. The van der Waals surface area contributed by atoms with E-state index in [-0.39, 0.29) is 0 Å². The molecule has 0 amide bonds. The maximum atomic E-state index is 3.60. The van der Waals surface area contributed by atoms with Gasteiger partial charge >= 0.3 is 0 Å². The molecule has 1 aromatic carbocycles. The van der Waals surface area contributed by atoms with E-state index < -0.39 is 0 Å². The van der Waals surface area contributed by atoms with Crippen LogP contribution >= 0.6 is 11.8 Å². The van der Waals surface area contributed by atoms with Crippen LogP contribution in [0.15, 0.2) is 30.3 Å². The molecule has 102 valence electrons. The smallest absolute Gasteiger partial charge is 0.0158 e. The van der Waals surface area contributed by atoms with E-state index in [1.165, 1.54) is 30.6 Å². The zero-order valence-corrected chi connectivity index (χ0v) is 12.8. The van der Waals surface area contributed by atoms with Gasteiger partial charge in [0, 0.05) is 11.8 Å². The third kappa shape index (κ3) is 7.07. The molecule has 0 bridgehead atoms. The van der Waals surface area contributed by atoms with Crippen LogP contribution in [0.25, 0.3) is 0 Å². The van der Waals surface area contributed by atoms with Gasteiger partial charge in [-0.3, -0.25) is 0 Å². The minimum atomic E-state index is 0.672. The molecule has 0 aliphatic carbocycles. The van der Waals surface area contributed by atoms with Gasteiger partial charge in [0.15, 0.2) is 0 Å². The van der Waals surface area contributed by atoms with Crippen LogP contribution in [0, 0.1) is 0 Å². The van der Waals surface area contributed by atoms with Gasteiger partial charge in [0.05, 0.1) is 0 Å². The first-order chi connectivity index (χ1) is 8.72. The Morgan fingerprint density at radius 1 is 1.17 bits per heavy atom. The van der Waals surface area contributed by atoms with Crippen molar-refractivity contribution in [3.63, 3.8) is 0 Å². The first kappa shape index (κ1) is 15.6. The van der Waals surface area contributed by atoms with E-state index in [2.05, 4.69) is 68.2 Å². The van der Waals surface area contributed by atoms with Crippen LogP contribution in [0.3, 0.4) is 0 Å². The molecule has 0 aliphatic heterocycles. The van der Waals surface area contributed by atoms with Crippen LogP contribution in [-0.2, 0) is 6.42 Å². The number of aryl methyl sites for hydroxylation is 1. The molecule has 1 unspecified atom stereocenters. The van der Waals surface area contributed by atoms with E-state index >= 15 is 0 Å². The fourth-order valence-corrected chi connectivity index (χ4v) is 2.94. The summed E-state index contributed by atoms with van der Waals surface area (Å²) in [6.45, 7) is 7.83. The molecule has 1 nitrogen and oxygen atoms in total. The van der Waals surface area contributed by atoms with Crippen molar-refractivity contribution in [2.45, 2.75) is 51.3 Å². The summed E-state index contributed by atoms with van der Waals surface area (Å²) >= 11 is 2.06. The zero-order valence-electron chi connectivity index (χ0n) is 12.0. The van der Waals surface area contributed by atoms with Crippen LogP contribution < -0.4 is 5.32 Å². The predicted octanol–water partition coefficient (Wildman–Crippen LogP) is 4.13. The molecule has 1 rings (SSSR count). The molecular weight excluding hydrogens is 238 g/mol. The molecule has 0 saturated carbocycles. The van der Waals surface area contributed by atoms with E-state index in [0.29, 0.717) is 6.04 Å². The molecule has 0 aliphatic rings. The lowest BCUT2D eigenvalue weighted by Gasteiger charge is -2.18. The third-order valence-corrected chi connectivity index (χ3v) is 4.25. The monoisotopic (exact) mass is 265 g/mol. The number of benzene rings is 1. The SMILES string of the molecule is CCNC(CCCc1ccccc1)CSC(C)C. The molecule has 1 aromatic rings. The summed E-state index contributed by atoms with van der Waals surface area (Å²) in [5, 5.41) is 4.34. The summed E-state index contributed by atoms with van der Waals surface area (Å²) in [4.78, 5) is 0. The Kier molecular flexibility index (Phi) is 8.19. The molecular formula is C16H27NS. The molecule has 2 heteroatoms. The summed E-state index contributed by atoms with van der Waals surface area (Å²) in [5.41, 5.74) is 1.46. The molecule has 1 atom stereocenters. The normalized spacial score (nSPS) is 12.9. The minimum absolute atomic E-state index is 0.672. The lowest BCUT2D eigenvalue weighted by molar-refractivity contribution is 0.518. The van der Waals surface area contributed by atoms with Gasteiger partial charge in [0.1, 0.15) is 0 Å². The summed E-state index contributed by atoms with van der Waals surface area (Å²) in [6, 6.07) is 11.5. The number of rotatable bonds is 9. The standard InChI is InChI=1S/C16H27NS/c1-4-17-16(13-18-14(2)3)12-8-11-15-9-6-5-7-10-15/h5-7,9-10,14,16-17H,4,8,11-13H2,1-3H3. The second-order valence-corrected chi connectivity index (χ2v) is 6.62.